The summed E-state index contributed by atoms with van der Waals surface area (Å²) in [4.78, 5) is 24.0. The first-order chi connectivity index (χ1) is 13.8. The summed E-state index contributed by atoms with van der Waals surface area (Å²) in [6.07, 6.45) is -3.13. The number of nitrogens with one attached hydrogen (secondary N) is 2. The van der Waals surface area contributed by atoms with E-state index in [0.717, 1.165) is 12.5 Å². The highest BCUT2D eigenvalue weighted by molar-refractivity contribution is 7.08. The van der Waals surface area contributed by atoms with Gasteiger partial charge in [0.2, 0.25) is 0 Å². The van der Waals surface area contributed by atoms with Gasteiger partial charge in [0.15, 0.2) is 0 Å². The molecule has 0 saturated carbocycles. The molecule has 2 rings (SSSR count). The second-order valence-corrected chi connectivity index (χ2v) is 6.92. The first kappa shape index (κ1) is 22.1. The van der Waals surface area contributed by atoms with E-state index in [-0.39, 0.29) is 5.56 Å². The van der Waals surface area contributed by atoms with E-state index in [1.54, 1.807) is 12.1 Å². The zero-order valence-electron chi connectivity index (χ0n) is 15.2. The summed E-state index contributed by atoms with van der Waals surface area (Å²) in [7, 11) is 0. The quantitative estimate of drug-likeness (QED) is 0.338. The highest BCUT2D eigenvalue weighted by atomic mass is 32.1. The van der Waals surface area contributed by atoms with Gasteiger partial charge in [-0.1, -0.05) is 11.8 Å². The number of amides is 2. The van der Waals surface area contributed by atoms with Crippen molar-refractivity contribution < 1.29 is 23.6 Å². The van der Waals surface area contributed by atoms with Crippen LogP contribution in [-0.4, -0.2) is 35.0 Å². The molecule has 2 aromatic rings. The maximum absolute atomic E-state index is 13.1. The number of nitrogens with two attached hydrogens (primary N) is 1. The molecular formula is C20H17F2N3O3S. The van der Waals surface area contributed by atoms with E-state index in [0.29, 0.717) is 5.56 Å². The Hall–Kier alpha value is -3.24. The average Bonchev–Trinajstić information content (AvgIpc) is 3.22. The van der Waals surface area contributed by atoms with E-state index in [9.17, 15) is 18.4 Å². The van der Waals surface area contributed by atoms with E-state index in [2.05, 4.69) is 29.0 Å². The molecule has 1 aromatic carbocycles. The molecule has 0 aliphatic heterocycles. The monoisotopic (exact) mass is 417 g/mol. The van der Waals surface area contributed by atoms with Crippen molar-refractivity contribution in [3.8, 4) is 23.7 Å². The van der Waals surface area contributed by atoms with Gasteiger partial charge in [-0.3, -0.25) is 14.8 Å². The van der Waals surface area contributed by atoms with E-state index >= 15 is 0 Å². The molecule has 0 bridgehead atoms. The molecule has 29 heavy (non-hydrogen) atoms. The number of alkyl halides is 2. The molecule has 0 radical (unpaired) electrons. The summed E-state index contributed by atoms with van der Waals surface area (Å²) in [5.74, 6) is 9.02. The predicted octanol–water partition coefficient (Wildman–Crippen LogP) is 1.74. The number of thiophene rings is 1. The van der Waals surface area contributed by atoms with Crippen LogP contribution in [0.3, 0.4) is 0 Å². The molecule has 0 aliphatic carbocycles. The molecule has 2 atom stereocenters. The summed E-state index contributed by atoms with van der Waals surface area (Å²) in [6, 6.07) is 5.93. The van der Waals surface area contributed by atoms with Crippen LogP contribution in [-0.2, 0) is 4.79 Å². The minimum absolute atomic E-state index is 0.0979. The smallest absolute Gasteiger partial charge is 0.268 e. The maximum atomic E-state index is 13.1. The largest absolute Gasteiger partial charge is 0.338 e. The van der Waals surface area contributed by atoms with Gasteiger partial charge in [-0.15, -0.1) is 0 Å². The van der Waals surface area contributed by atoms with Crippen molar-refractivity contribution in [3.05, 3.63) is 57.8 Å². The Bertz CT molecular complexity index is 982. The van der Waals surface area contributed by atoms with Crippen molar-refractivity contribution in [1.29, 1.82) is 0 Å². The lowest BCUT2D eigenvalue weighted by atomic mass is 9.92. The molecule has 6 nitrogen and oxygen atoms in total. The number of hydroxylamine groups is 1. The molecule has 1 aromatic heterocycles. The second kappa shape index (κ2) is 9.80. The van der Waals surface area contributed by atoms with E-state index in [1.165, 1.54) is 28.9 Å². The fraction of sp³-hybridized carbons (Fsp3) is 0.200. The Morgan fingerprint density at radius 3 is 2.28 bits per heavy atom. The average molecular weight is 417 g/mol. The van der Waals surface area contributed by atoms with E-state index in [4.69, 9.17) is 10.9 Å². The van der Waals surface area contributed by atoms with Crippen molar-refractivity contribution >= 4 is 23.2 Å². The number of halogens is 2. The normalized spacial score (nSPS) is 13.2. The number of carbonyl (C=O) groups is 2. The van der Waals surface area contributed by atoms with Gasteiger partial charge < -0.3 is 11.1 Å². The zero-order chi connectivity index (χ0) is 21.4. The van der Waals surface area contributed by atoms with Crippen LogP contribution in [0.15, 0.2) is 41.1 Å². The number of rotatable bonds is 5. The minimum Gasteiger partial charge on any atom is -0.338 e. The summed E-state index contributed by atoms with van der Waals surface area (Å²) in [5, 5.41) is 14.7. The van der Waals surface area contributed by atoms with Crippen LogP contribution in [0.1, 0.15) is 28.4 Å². The Balaban J connectivity index is 2.10. The fourth-order valence-corrected chi connectivity index (χ4v) is 2.74. The van der Waals surface area contributed by atoms with Crippen LogP contribution in [0.25, 0.3) is 0 Å². The number of carbonyl (C=O) groups excluding carboxylic acids is 2. The maximum Gasteiger partial charge on any atom is 0.268 e. The van der Waals surface area contributed by atoms with Gasteiger partial charge in [0.05, 0.1) is 0 Å². The molecule has 0 spiro atoms. The van der Waals surface area contributed by atoms with Crippen LogP contribution in [0.5, 0.6) is 0 Å². The SMILES string of the molecule is CC(N)(C(F)F)C(NC(=O)c1ccc(C#CC#Cc2ccsc2)cc1)C(=O)NO. The van der Waals surface area contributed by atoms with Crippen LogP contribution in [0, 0.1) is 23.7 Å². The third kappa shape index (κ3) is 5.87. The van der Waals surface area contributed by atoms with Crippen molar-refractivity contribution in [1.82, 2.24) is 10.8 Å². The van der Waals surface area contributed by atoms with Crippen molar-refractivity contribution in [2.75, 3.05) is 0 Å². The molecule has 150 valence electrons. The third-order valence-electron chi connectivity index (χ3n) is 3.88. The Morgan fingerprint density at radius 1 is 1.14 bits per heavy atom. The summed E-state index contributed by atoms with van der Waals surface area (Å²) >= 11 is 1.53. The van der Waals surface area contributed by atoms with E-state index < -0.39 is 29.8 Å². The first-order valence-corrected chi connectivity index (χ1v) is 9.16. The number of benzene rings is 1. The fourth-order valence-electron chi connectivity index (χ4n) is 2.16. The molecule has 0 aliphatic rings. The summed E-state index contributed by atoms with van der Waals surface area (Å²) in [6.45, 7) is 0.897. The molecule has 1 heterocycles. The highest BCUT2D eigenvalue weighted by Crippen LogP contribution is 2.18. The molecule has 9 heteroatoms. The number of hydrogen-bond acceptors (Lipinski definition) is 5. The summed E-state index contributed by atoms with van der Waals surface area (Å²) < 4.78 is 26.3. The predicted molar refractivity (Wildman–Crippen MR) is 104 cm³/mol. The van der Waals surface area contributed by atoms with Gasteiger partial charge >= 0.3 is 0 Å². The van der Waals surface area contributed by atoms with Gasteiger partial charge in [0.1, 0.15) is 11.6 Å². The van der Waals surface area contributed by atoms with Gasteiger partial charge in [-0.05, 0) is 54.5 Å². The van der Waals surface area contributed by atoms with Crippen molar-refractivity contribution in [2.24, 2.45) is 5.73 Å². The topological polar surface area (TPSA) is 104 Å². The molecule has 5 N–H and O–H groups in total. The molecule has 0 fully saturated rings. The highest BCUT2D eigenvalue weighted by Gasteiger charge is 2.44. The van der Waals surface area contributed by atoms with Gasteiger partial charge in [0, 0.05) is 22.1 Å². The molecule has 0 saturated heterocycles. The van der Waals surface area contributed by atoms with Crippen molar-refractivity contribution in [2.45, 2.75) is 24.9 Å². The van der Waals surface area contributed by atoms with Crippen molar-refractivity contribution in [3.63, 3.8) is 0 Å². The molecule has 2 amide bonds. The molecular weight excluding hydrogens is 400 g/mol. The van der Waals surface area contributed by atoms with Crippen LogP contribution < -0.4 is 16.5 Å². The van der Waals surface area contributed by atoms with Gasteiger partial charge in [-0.25, -0.2) is 14.3 Å². The molecule has 2 unspecified atom stereocenters. The number of hydrogen-bond donors (Lipinski definition) is 4. The lowest BCUT2D eigenvalue weighted by Gasteiger charge is -2.32. The Labute approximate surface area is 170 Å². The summed E-state index contributed by atoms with van der Waals surface area (Å²) in [5.41, 5.74) is 5.86. The van der Waals surface area contributed by atoms with Crippen LogP contribution >= 0.6 is 11.3 Å². The first-order valence-electron chi connectivity index (χ1n) is 8.22. The van der Waals surface area contributed by atoms with Crippen LogP contribution in [0.4, 0.5) is 8.78 Å². The minimum atomic E-state index is -3.13. The lowest BCUT2D eigenvalue weighted by molar-refractivity contribution is -0.134. The lowest BCUT2D eigenvalue weighted by Crippen LogP contribution is -2.66. The van der Waals surface area contributed by atoms with E-state index in [1.807, 2.05) is 16.8 Å². The van der Waals surface area contributed by atoms with Gasteiger partial charge in [-0.2, -0.15) is 11.3 Å². The zero-order valence-corrected chi connectivity index (χ0v) is 16.0. The standard InChI is InChI=1S/C20H17F2N3O3S/c1-20(23,19(21)22)16(18(27)25-28)24-17(26)15-8-6-13(7-9-15)4-2-3-5-14-10-11-29-12-14/h6-12,16,19,28H,23H2,1H3,(H,24,26)(H,25,27). The second-order valence-electron chi connectivity index (χ2n) is 6.14. The van der Waals surface area contributed by atoms with Crippen LogP contribution in [0.2, 0.25) is 0 Å². The van der Waals surface area contributed by atoms with Gasteiger partial charge in [0.25, 0.3) is 18.2 Å². The Morgan fingerprint density at radius 2 is 1.76 bits per heavy atom. The Kier molecular flexibility index (Phi) is 7.46. The third-order valence-corrected chi connectivity index (χ3v) is 4.57.